The Hall–Kier alpha value is -1.96. The maximum Gasteiger partial charge on any atom is 0.119 e. The summed E-state index contributed by atoms with van der Waals surface area (Å²) in [5.74, 6) is 3.50. The maximum absolute atomic E-state index is 5.44. The van der Waals surface area contributed by atoms with Gasteiger partial charge in [0.15, 0.2) is 0 Å². The molecule has 0 saturated heterocycles. The third-order valence-electron chi connectivity index (χ3n) is 5.10. The van der Waals surface area contributed by atoms with Crippen molar-refractivity contribution in [2.24, 2.45) is 5.92 Å². The van der Waals surface area contributed by atoms with Crippen LogP contribution >= 0.6 is 0 Å². The molecule has 0 spiro atoms. The lowest BCUT2D eigenvalue weighted by atomic mass is 9.83. The van der Waals surface area contributed by atoms with E-state index in [1.165, 1.54) is 23.1 Å². The van der Waals surface area contributed by atoms with Crippen LogP contribution in [0, 0.1) is 5.92 Å². The van der Waals surface area contributed by atoms with E-state index >= 15 is 0 Å². The molecule has 2 aromatic carbocycles. The molecule has 0 bridgehead atoms. The summed E-state index contributed by atoms with van der Waals surface area (Å²) in [6, 6.07) is 15.1. The zero-order chi connectivity index (χ0) is 15.7. The minimum absolute atomic E-state index is 0.431. The van der Waals surface area contributed by atoms with Crippen LogP contribution in [0.4, 0.5) is 0 Å². The van der Waals surface area contributed by atoms with Crippen molar-refractivity contribution in [1.82, 2.24) is 0 Å². The first-order valence-corrected chi connectivity index (χ1v) is 8.01. The van der Waals surface area contributed by atoms with Crippen molar-refractivity contribution < 1.29 is 9.47 Å². The summed E-state index contributed by atoms with van der Waals surface area (Å²) in [6.07, 6.45) is 1.17. The van der Waals surface area contributed by atoms with Gasteiger partial charge in [-0.25, -0.2) is 0 Å². The van der Waals surface area contributed by atoms with Crippen LogP contribution in [0.3, 0.4) is 0 Å². The van der Waals surface area contributed by atoms with Crippen LogP contribution in [0.2, 0.25) is 0 Å². The van der Waals surface area contributed by atoms with Gasteiger partial charge in [0.25, 0.3) is 0 Å². The van der Waals surface area contributed by atoms with Gasteiger partial charge in [-0.05, 0) is 59.2 Å². The molecule has 3 rings (SSSR count). The van der Waals surface area contributed by atoms with E-state index in [0.717, 1.165) is 11.5 Å². The Kier molecular flexibility index (Phi) is 4.10. The number of rotatable bonds is 4. The highest BCUT2D eigenvalue weighted by molar-refractivity contribution is 5.50. The van der Waals surface area contributed by atoms with Crippen molar-refractivity contribution in [3.8, 4) is 11.5 Å². The first-order valence-electron chi connectivity index (χ1n) is 8.01. The van der Waals surface area contributed by atoms with Crippen LogP contribution in [0.15, 0.2) is 42.5 Å². The Morgan fingerprint density at radius 2 is 1.50 bits per heavy atom. The van der Waals surface area contributed by atoms with Crippen molar-refractivity contribution >= 4 is 0 Å². The molecule has 22 heavy (non-hydrogen) atoms. The fourth-order valence-corrected chi connectivity index (χ4v) is 3.97. The summed E-state index contributed by atoms with van der Waals surface area (Å²) in [5.41, 5.74) is 4.26. The van der Waals surface area contributed by atoms with Gasteiger partial charge >= 0.3 is 0 Å². The summed E-state index contributed by atoms with van der Waals surface area (Å²) >= 11 is 0. The van der Waals surface area contributed by atoms with Crippen molar-refractivity contribution in [2.45, 2.75) is 32.1 Å². The van der Waals surface area contributed by atoms with Crippen LogP contribution in [0.1, 0.15) is 48.8 Å². The molecule has 0 fully saturated rings. The first kappa shape index (κ1) is 15.0. The first-order chi connectivity index (χ1) is 10.7. The molecule has 0 N–H and O–H groups in total. The SMILES string of the molecule is CC[C@@H]1c2ccc(OC)cc2[C@@H](c2ccc(OC)cc2)[C@@H]1C. The Morgan fingerprint density at radius 3 is 2.09 bits per heavy atom. The molecule has 116 valence electrons. The van der Waals surface area contributed by atoms with Gasteiger partial charge in [0, 0.05) is 5.92 Å². The Balaban J connectivity index is 2.07. The molecule has 1 aliphatic rings. The van der Waals surface area contributed by atoms with Crippen LogP contribution in [-0.2, 0) is 0 Å². The third-order valence-corrected chi connectivity index (χ3v) is 5.10. The Morgan fingerprint density at radius 1 is 0.864 bits per heavy atom. The topological polar surface area (TPSA) is 18.5 Å². The second-order valence-electron chi connectivity index (χ2n) is 6.12. The summed E-state index contributed by atoms with van der Waals surface area (Å²) in [4.78, 5) is 0. The summed E-state index contributed by atoms with van der Waals surface area (Å²) in [6.45, 7) is 4.65. The van der Waals surface area contributed by atoms with Crippen molar-refractivity contribution in [2.75, 3.05) is 14.2 Å². The molecule has 2 aromatic rings. The summed E-state index contributed by atoms with van der Waals surface area (Å²) in [7, 11) is 3.44. The van der Waals surface area contributed by atoms with Crippen LogP contribution in [-0.4, -0.2) is 14.2 Å². The van der Waals surface area contributed by atoms with Gasteiger partial charge in [0.05, 0.1) is 14.2 Å². The van der Waals surface area contributed by atoms with E-state index < -0.39 is 0 Å². The predicted molar refractivity (Wildman–Crippen MR) is 90.0 cm³/mol. The quantitative estimate of drug-likeness (QED) is 0.792. The highest BCUT2D eigenvalue weighted by Gasteiger charge is 2.37. The van der Waals surface area contributed by atoms with Gasteiger partial charge in [-0.3, -0.25) is 0 Å². The predicted octanol–water partition coefficient (Wildman–Crippen LogP) is 4.98. The van der Waals surface area contributed by atoms with E-state index in [-0.39, 0.29) is 0 Å². The van der Waals surface area contributed by atoms with Gasteiger partial charge in [-0.1, -0.05) is 32.0 Å². The minimum Gasteiger partial charge on any atom is -0.497 e. The van der Waals surface area contributed by atoms with Gasteiger partial charge in [0.2, 0.25) is 0 Å². The average Bonchev–Trinajstić information content (AvgIpc) is 2.85. The van der Waals surface area contributed by atoms with Crippen molar-refractivity contribution in [1.29, 1.82) is 0 Å². The van der Waals surface area contributed by atoms with E-state index in [1.54, 1.807) is 14.2 Å². The molecule has 2 heteroatoms. The van der Waals surface area contributed by atoms with E-state index in [0.29, 0.717) is 17.8 Å². The smallest absolute Gasteiger partial charge is 0.119 e. The third kappa shape index (κ3) is 2.37. The lowest BCUT2D eigenvalue weighted by Gasteiger charge is -2.21. The summed E-state index contributed by atoms with van der Waals surface area (Å²) in [5, 5.41) is 0. The number of fused-ring (bicyclic) bond motifs is 1. The van der Waals surface area contributed by atoms with Crippen LogP contribution in [0.25, 0.3) is 0 Å². The fraction of sp³-hybridized carbons (Fsp3) is 0.400. The molecule has 0 unspecified atom stereocenters. The molecule has 0 amide bonds. The normalized spacial score (nSPS) is 23.2. The highest BCUT2D eigenvalue weighted by atomic mass is 16.5. The van der Waals surface area contributed by atoms with Crippen molar-refractivity contribution in [3.05, 3.63) is 59.2 Å². The molecule has 1 aliphatic carbocycles. The molecule has 0 aromatic heterocycles. The molecular weight excluding hydrogens is 272 g/mol. The van der Waals surface area contributed by atoms with Crippen molar-refractivity contribution in [3.63, 3.8) is 0 Å². The monoisotopic (exact) mass is 296 g/mol. The molecule has 2 nitrogen and oxygen atoms in total. The summed E-state index contributed by atoms with van der Waals surface area (Å²) < 4.78 is 10.7. The molecule has 3 atom stereocenters. The van der Waals surface area contributed by atoms with Crippen LogP contribution < -0.4 is 9.47 Å². The van der Waals surface area contributed by atoms with Gasteiger partial charge in [-0.2, -0.15) is 0 Å². The molecular formula is C20H24O2. The van der Waals surface area contributed by atoms with E-state index in [1.807, 2.05) is 0 Å². The van der Waals surface area contributed by atoms with E-state index in [9.17, 15) is 0 Å². The highest BCUT2D eigenvalue weighted by Crippen LogP contribution is 2.51. The number of hydrogen-bond acceptors (Lipinski definition) is 2. The zero-order valence-corrected chi connectivity index (χ0v) is 13.8. The average molecular weight is 296 g/mol. The van der Waals surface area contributed by atoms with Gasteiger partial charge < -0.3 is 9.47 Å². The zero-order valence-electron chi connectivity index (χ0n) is 13.8. The number of ether oxygens (including phenoxy) is 2. The molecule has 0 radical (unpaired) electrons. The van der Waals surface area contributed by atoms with Gasteiger partial charge in [-0.15, -0.1) is 0 Å². The fourth-order valence-electron chi connectivity index (χ4n) is 3.97. The lowest BCUT2D eigenvalue weighted by Crippen LogP contribution is -2.09. The number of benzene rings is 2. The van der Waals surface area contributed by atoms with E-state index in [2.05, 4.69) is 56.3 Å². The number of hydrogen-bond donors (Lipinski definition) is 0. The van der Waals surface area contributed by atoms with E-state index in [4.69, 9.17) is 9.47 Å². The molecule has 0 saturated carbocycles. The second kappa shape index (κ2) is 6.04. The van der Waals surface area contributed by atoms with Gasteiger partial charge in [0.1, 0.15) is 11.5 Å². The Bertz CT molecular complexity index is 645. The maximum atomic E-state index is 5.44. The standard InChI is InChI=1S/C20H24O2/c1-5-17-13(2)20(14-6-8-15(21-3)9-7-14)19-12-16(22-4)10-11-18(17)19/h6-13,17,20H,5H2,1-4H3/t13-,17+,20-/m1/s1. The lowest BCUT2D eigenvalue weighted by molar-refractivity contribution is 0.412. The molecule has 0 heterocycles. The van der Waals surface area contributed by atoms with Crippen LogP contribution in [0.5, 0.6) is 11.5 Å². The second-order valence-corrected chi connectivity index (χ2v) is 6.12. The molecule has 0 aliphatic heterocycles. The minimum atomic E-state index is 0.431. The largest absolute Gasteiger partial charge is 0.497 e. The Labute approximate surface area is 133 Å². The number of methoxy groups -OCH3 is 2.